The normalized spacial score (nSPS) is 26.9. The molecule has 0 aromatic rings. The van der Waals surface area contributed by atoms with Gasteiger partial charge in [-0.05, 0) is 18.8 Å². The number of amides is 2. The van der Waals surface area contributed by atoms with Gasteiger partial charge < -0.3 is 19.7 Å². The molecule has 2 amide bonds. The Labute approximate surface area is 102 Å². The van der Waals surface area contributed by atoms with E-state index in [0.717, 1.165) is 31.8 Å². The Hall–Kier alpha value is -0.810. The second-order valence-electron chi connectivity index (χ2n) is 4.92. The molecule has 5 heteroatoms. The van der Waals surface area contributed by atoms with E-state index in [1.807, 2.05) is 4.90 Å². The number of nitrogens with one attached hydrogen (secondary N) is 1. The number of nitrogens with zero attached hydrogens (tertiary/aromatic N) is 1. The predicted molar refractivity (Wildman–Crippen MR) is 63.9 cm³/mol. The fraction of sp³-hybridized carbons (Fsp3) is 0.917. The molecule has 17 heavy (non-hydrogen) atoms. The van der Waals surface area contributed by atoms with Gasteiger partial charge in [-0.1, -0.05) is 6.92 Å². The van der Waals surface area contributed by atoms with Gasteiger partial charge in [0.2, 0.25) is 0 Å². The standard InChI is InChI=1S/C12H22N2O3/c1-10-2-4-14(5-3-10)12(15)13-8-11-9-16-6-7-17-11/h10-11H,2-9H2,1H3,(H,13,15). The van der Waals surface area contributed by atoms with Crippen LogP contribution in [0.5, 0.6) is 0 Å². The van der Waals surface area contributed by atoms with Crippen LogP contribution in [0.2, 0.25) is 0 Å². The first-order valence-corrected chi connectivity index (χ1v) is 6.48. The lowest BCUT2D eigenvalue weighted by Crippen LogP contribution is -2.47. The molecule has 0 radical (unpaired) electrons. The first-order valence-electron chi connectivity index (χ1n) is 6.48. The predicted octanol–water partition coefficient (Wildman–Crippen LogP) is 0.843. The van der Waals surface area contributed by atoms with Crippen molar-refractivity contribution >= 4 is 6.03 Å². The zero-order chi connectivity index (χ0) is 12.1. The molecule has 0 spiro atoms. The van der Waals surface area contributed by atoms with Crippen molar-refractivity contribution in [1.29, 1.82) is 0 Å². The summed E-state index contributed by atoms with van der Waals surface area (Å²) in [5, 5.41) is 2.92. The molecule has 0 saturated carbocycles. The maximum absolute atomic E-state index is 11.9. The van der Waals surface area contributed by atoms with Crippen LogP contribution in [0.1, 0.15) is 19.8 Å². The highest BCUT2D eigenvalue weighted by molar-refractivity contribution is 5.74. The Balaban J connectivity index is 1.66. The summed E-state index contributed by atoms with van der Waals surface area (Å²) in [4.78, 5) is 13.8. The van der Waals surface area contributed by atoms with E-state index in [2.05, 4.69) is 12.2 Å². The summed E-state index contributed by atoms with van der Waals surface area (Å²) < 4.78 is 10.8. The number of ether oxygens (including phenoxy) is 2. The number of urea groups is 1. The first kappa shape index (κ1) is 12.6. The smallest absolute Gasteiger partial charge is 0.317 e. The molecule has 2 aliphatic heterocycles. The Bertz CT molecular complexity index is 246. The van der Waals surface area contributed by atoms with E-state index in [-0.39, 0.29) is 12.1 Å². The van der Waals surface area contributed by atoms with Crippen LogP contribution in [0.3, 0.4) is 0 Å². The van der Waals surface area contributed by atoms with Crippen molar-refractivity contribution < 1.29 is 14.3 Å². The van der Waals surface area contributed by atoms with Crippen LogP contribution >= 0.6 is 0 Å². The first-order chi connectivity index (χ1) is 8.25. The average Bonchev–Trinajstić information content (AvgIpc) is 2.38. The summed E-state index contributed by atoms with van der Waals surface area (Å²) in [7, 11) is 0. The van der Waals surface area contributed by atoms with E-state index in [4.69, 9.17) is 9.47 Å². The lowest BCUT2D eigenvalue weighted by molar-refractivity contribution is -0.0856. The topological polar surface area (TPSA) is 50.8 Å². The van der Waals surface area contributed by atoms with Crippen molar-refractivity contribution in [3.05, 3.63) is 0 Å². The van der Waals surface area contributed by atoms with Crippen LogP contribution in [-0.2, 0) is 9.47 Å². The summed E-state index contributed by atoms with van der Waals surface area (Å²) in [6, 6.07) is 0.0334. The van der Waals surface area contributed by atoms with Gasteiger partial charge in [0.1, 0.15) is 0 Å². The molecule has 2 saturated heterocycles. The van der Waals surface area contributed by atoms with Crippen LogP contribution in [0.4, 0.5) is 4.79 Å². The van der Waals surface area contributed by atoms with E-state index in [1.165, 1.54) is 0 Å². The highest BCUT2D eigenvalue weighted by Gasteiger charge is 2.21. The molecule has 2 heterocycles. The van der Waals surface area contributed by atoms with Crippen LogP contribution < -0.4 is 5.32 Å². The third kappa shape index (κ3) is 3.85. The number of piperidine rings is 1. The van der Waals surface area contributed by atoms with Crippen LogP contribution in [0.25, 0.3) is 0 Å². The maximum Gasteiger partial charge on any atom is 0.317 e. The maximum atomic E-state index is 11.9. The van der Waals surface area contributed by atoms with E-state index in [9.17, 15) is 4.79 Å². The fourth-order valence-electron chi connectivity index (χ4n) is 2.18. The van der Waals surface area contributed by atoms with E-state index >= 15 is 0 Å². The van der Waals surface area contributed by atoms with Crippen molar-refractivity contribution in [1.82, 2.24) is 10.2 Å². The van der Waals surface area contributed by atoms with Crippen molar-refractivity contribution in [3.8, 4) is 0 Å². The Morgan fingerprint density at radius 1 is 1.35 bits per heavy atom. The molecular weight excluding hydrogens is 220 g/mol. The summed E-state index contributed by atoms with van der Waals surface area (Å²) >= 11 is 0. The fourth-order valence-corrected chi connectivity index (χ4v) is 2.18. The second-order valence-corrected chi connectivity index (χ2v) is 4.92. The average molecular weight is 242 g/mol. The lowest BCUT2D eigenvalue weighted by atomic mass is 10.00. The number of carbonyl (C=O) groups excluding carboxylic acids is 1. The van der Waals surface area contributed by atoms with Gasteiger partial charge >= 0.3 is 6.03 Å². The molecule has 5 nitrogen and oxygen atoms in total. The summed E-state index contributed by atoms with van der Waals surface area (Å²) in [5.74, 6) is 0.745. The Kier molecular flexibility index (Phi) is 4.62. The molecule has 0 aromatic heterocycles. The van der Waals surface area contributed by atoms with Crippen molar-refractivity contribution in [2.75, 3.05) is 39.5 Å². The lowest BCUT2D eigenvalue weighted by Gasteiger charge is -2.31. The molecule has 2 rings (SSSR count). The molecular formula is C12H22N2O3. The molecule has 2 fully saturated rings. The van der Waals surface area contributed by atoms with Gasteiger partial charge in [0.25, 0.3) is 0 Å². The number of likely N-dealkylation sites (tertiary alicyclic amines) is 1. The van der Waals surface area contributed by atoms with Gasteiger partial charge in [-0.3, -0.25) is 0 Å². The van der Waals surface area contributed by atoms with Crippen LogP contribution in [0.15, 0.2) is 0 Å². The van der Waals surface area contributed by atoms with Gasteiger partial charge in [-0.15, -0.1) is 0 Å². The zero-order valence-corrected chi connectivity index (χ0v) is 10.5. The molecule has 98 valence electrons. The molecule has 2 aliphatic rings. The molecule has 0 aliphatic carbocycles. The van der Waals surface area contributed by atoms with Gasteiger partial charge in [0, 0.05) is 19.6 Å². The van der Waals surface area contributed by atoms with Crippen LogP contribution in [-0.4, -0.2) is 56.5 Å². The third-order valence-electron chi connectivity index (χ3n) is 3.44. The summed E-state index contributed by atoms with van der Waals surface area (Å²) in [6.45, 7) is 6.39. The van der Waals surface area contributed by atoms with Crippen molar-refractivity contribution in [3.63, 3.8) is 0 Å². The molecule has 1 N–H and O–H groups in total. The zero-order valence-electron chi connectivity index (χ0n) is 10.5. The van der Waals surface area contributed by atoms with Gasteiger partial charge in [0.05, 0.1) is 25.9 Å². The van der Waals surface area contributed by atoms with Gasteiger partial charge in [0.15, 0.2) is 0 Å². The Morgan fingerprint density at radius 3 is 2.76 bits per heavy atom. The number of hydrogen-bond acceptors (Lipinski definition) is 3. The van der Waals surface area contributed by atoms with Gasteiger partial charge in [-0.25, -0.2) is 4.79 Å². The largest absolute Gasteiger partial charge is 0.376 e. The molecule has 1 unspecified atom stereocenters. The minimum absolute atomic E-state index is 0.0106. The quantitative estimate of drug-likeness (QED) is 0.781. The second kappa shape index (κ2) is 6.21. The highest BCUT2D eigenvalue weighted by Crippen LogP contribution is 2.15. The summed E-state index contributed by atoms with van der Waals surface area (Å²) in [5.41, 5.74) is 0. The SMILES string of the molecule is CC1CCN(C(=O)NCC2COCCO2)CC1. The van der Waals surface area contributed by atoms with E-state index in [1.54, 1.807) is 0 Å². The number of rotatable bonds is 2. The van der Waals surface area contributed by atoms with Gasteiger partial charge in [-0.2, -0.15) is 0 Å². The monoisotopic (exact) mass is 242 g/mol. The van der Waals surface area contributed by atoms with Crippen molar-refractivity contribution in [2.45, 2.75) is 25.9 Å². The van der Waals surface area contributed by atoms with Crippen molar-refractivity contribution in [2.24, 2.45) is 5.92 Å². The minimum atomic E-state index is 0.0106. The molecule has 1 atom stereocenters. The Morgan fingerprint density at radius 2 is 2.12 bits per heavy atom. The third-order valence-corrected chi connectivity index (χ3v) is 3.44. The minimum Gasteiger partial charge on any atom is -0.376 e. The number of carbonyl (C=O) groups is 1. The highest BCUT2D eigenvalue weighted by atomic mass is 16.6. The number of hydrogen-bond donors (Lipinski definition) is 1. The van der Waals surface area contributed by atoms with Crippen LogP contribution in [0, 0.1) is 5.92 Å². The summed E-state index contributed by atoms with van der Waals surface area (Å²) in [6.07, 6.45) is 2.23. The molecule has 0 bridgehead atoms. The van der Waals surface area contributed by atoms with E-state index < -0.39 is 0 Å². The molecule has 0 aromatic carbocycles. The van der Waals surface area contributed by atoms with E-state index in [0.29, 0.717) is 26.4 Å².